The van der Waals surface area contributed by atoms with Gasteiger partial charge in [-0.05, 0) is 48.4 Å². The van der Waals surface area contributed by atoms with Crippen molar-refractivity contribution in [3.63, 3.8) is 0 Å². The molecule has 0 unspecified atom stereocenters. The molecule has 0 radical (unpaired) electrons. The minimum Gasteiger partial charge on any atom is -0.463 e. The van der Waals surface area contributed by atoms with Gasteiger partial charge in [0.2, 0.25) is 5.95 Å². The Kier molecular flexibility index (Phi) is 8.02. The summed E-state index contributed by atoms with van der Waals surface area (Å²) in [6.45, 7) is 4.09. The molecular formula is C26H24F4N4O3. The first-order chi connectivity index (χ1) is 17.7. The van der Waals surface area contributed by atoms with Gasteiger partial charge in [-0.3, -0.25) is 0 Å². The zero-order valence-electron chi connectivity index (χ0n) is 19.9. The van der Waals surface area contributed by atoms with Gasteiger partial charge in [-0.2, -0.15) is 18.2 Å². The van der Waals surface area contributed by atoms with E-state index in [-0.39, 0.29) is 18.2 Å². The SMILES string of the molecule is CCOC(=O)C=Cc1cccc(-c2cnc(Nc3ccc(F)c(C(F)(F)F)c3)nc2N2CCOCC2)c1. The summed E-state index contributed by atoms with van der Waals surface area (Å²) in [5.41, 5.74) is 0.844. The fraction of sp³-hybridized carbons (Fsp3) is 0.269. The lowest BCUT2D eigenvalue weighted by molar-refractivity contribution is -0.140. The summed E-state index contributed by atoms with van der Waals surface area (Å²) >= 11 is 0. The van der Waals surface area contributed by atoms with Crippen LogP contribution in [0.5, 0.6) is 0 Å². The van der Waals surface area contributed by atoms with E-state index in [1.165, 1.54) is 12.1 Å². The van der Waals surface area contributed by atoms with E-state index in [4.69, 9.17) is 9.47 Å². The third kappa shape index (κ3) is 6.62. The average molecular weight is 516 g/mol. The predicted molar refractivity (Wildman–Crippen MR) is 131 cm³/mol. The number of rotatable bonds is 7. The Hall–Kier alpha value is -3.99. The van der Waals surface area contributed by atoms with Crippen LogP contribution in [0.25, 0.3) is 17.2 Å². The molecule has 1 aliphatic rings. The van der Waals surface area contributed by atoms with Crippen molar-refractivity contribution in [2.45, 2.75) is 13.1 Å². The van der Waals surface area contributed by atoms with Gasteiger partial charge in [0.15, 0.2) is 0 Å². The van der Waals surface area contributed by atoms with Crippen LogP contribution in [0.1, 0.15) is 18.1 Å². The number of morpholine rings is 1. The first-order valence-corrected chi connectivity index (χ1v) is 11.5. The van der Waals surface area contributed by atoms with Gasteiger partial charge in [0.05, 0.1) is 25.4 Å². The summed E-state index contributed by atoms with van der Waals surface area (Å²) < 4.78 is 63.5. The molecule has 0 aliphatic carbocycles. The van der Waals surface area contributed by atoms with Crippen LogP contribution in [-0.4, -0.2) is 48.8 Å². The first-order valence-electron chi connectivity index (χ1n) is 11.5. The fourth-order valence-electron chi connectivity index (χ4n) is 3.77. The number of halogens is 4. The van der Waals surface area contributed by atoms with Gasteiger partial charge in [-0.15, -0.1) is 0 Å². The van der Waals surface area contributed by atoms with E-state index in [1.807, 2.05) is 29.2 Å². The number of carbonyl (C=O) groups is 1. The van der Waals surface area contributed by atoms with Crippen LogP contribution in [0.3, 0.4) is 0 Å². The van der Waals surface area contributed by atoms with Crippen LogP contribution < -0.4 is 10.2 Å². The second-order valence-electron chi connectivity index (χ2n) is 8.06. The molecule has 0 atom stereocenters. The number of ether oxygens (including phenoxy) is 2. The molecule has 2 aromatic carbocycles. The van der Waals surface area contributed by atoms with Crippen molar-refractivity contribution in [2.24, 2.45) is 0 Å². The molecule has 1 aromatic heterocycles. The second kappa shape index (κ2) is 11.4. The van der Waals surface area contributed by atoms with Gasteiger partial charge in [0.25, 0.3) is 0 Å². The van der Waals surface area contributed by atoms with Crippen LogP contribution in [0.2, 0.25) is 0 Å². The molecule has 0 bridgehead atoms. The van der Waals surface area contributed by atoms with Crippen LogP contribution >= 0.6 is 0 Å². The van der Waals surface area contributed by atoms with Crippen LogP contribution in [0, 0.1) is 5.82 Å². The number of aromatic nitrogens is 2. The van der Waals surface area contributed by atoms with E-state index >= 15 is 0 Å². The lowest BCUT2D eigenvalue weighted by atomic mass is 10.0. The number of anilines is 3. The highest BCUT2D eigenvalue weighted by Gasteiger charge is 2.34. The molecule has 0 spiro atoms. The maximum absolute atomic E-state index is 13.7. The highest BCUT2D eigenvalue weighted by Crippen LogP contribution is 2.35. The smallest absolute Gasteiger partial charge is 0.419 e. The maximum Gasteiger partial charge on any atom is 0.419 e. The molecule has 1 N–H and O–H groups in total. The van der Waals surface area contributed by atoms with Crippen LogP contribution in [-0.2, 0) is 20.4 Å². The normalized spacial score (nSPS) is 14.1. The molecule has 1 aliphatic heterocycles. The molecule has 1 fully saturated rings. The average Bonchev–Trinajstić information content (AvgIpc) is 2.89. The molecule has 3 aromatic rings. The number of carbonyl (C=O) groups excluding carboxylic acids is 1. The van der Waals surface area contributed by atoms with Crippen LogP contribution in [0.4, 0.5) is 35.0 Å². The minimum absolute atomic E-state index is 0.000465. The molecule has 1 saturated heterocycles. The van der Waals surface area contributed by atoms with Crippen molar-refractivity contribution in [1.29, 1.82) is 0 Å². The summed E-state index contributed by atoms with van der Waals surface area (Å²) in [5.74, 6) is -1.19. The lowest BCUT2D eigenvalue weighted by Gasteiger charge is -2.29. The monoisotopic (exact) mass is 516 g/mol. The summed E-state index contributed by atoms with van der Waals surface area (Å²) in [6, 6.07) is 10.0. The van der Waals surface area contributed by atoms with Gasteiger partial charge in [0, 0.05) is 36.6 Å². The summed E-state index contributed by atoms with van der Waals surface area (Å²) in [6.07, 6.45) is -0.285. The van der Waals surface area contributed by atoms with Crippen molar-refractivity contribution >= 4 is 29.5 Å². The van der Waals surface area contributed by atoms with Gasteiger partial charge in [0.1, 0.15) is 11.6 Å². The summed E-state index contributed by atoms with van der Waals surface area (Å²) in [4.78, 5) is 22.6. The third-order valence-corrected chi connectivity index (χ3v) is 5.50. The van der Waals surface area contributed by atoms with Crippen LogP contribution in [0.15, 0.2) is 54.7 Å². The van der Waals surface area contributed by atoms with E-state index in [0.29, 0.717) is 43.8 Å². The Morgan fingerprint density at radius 1 is 1.19 bits per heavy atom. The molecule has 37 heavy (non-hydrogen) atoms. The highest BCUT2D eigenvalue weighted by atomic mass is 19.4. The molecule has 0 amide bonds. The molecule has 4 rings (SSSR count). The second-order valence-corrected chi connectivity index (χ2v) is 8.06. The first kappa shape index (κ1) is 26.1. The minimum atomic E-state index is -4.84. The number of hydrogen-bond donors (Lipinski definition) is 1. The summed E-state index contributed by atoms with van der Waals surface area (Å²) in [5, 5.41) is 2.75. The molecular weight excluding hydrogens is 492 g/mol. The Morgan fingerprint density at radius 3 is 2.70 bits per heavy atom. The number of nitrogens with zero attached hydrogens (tertiary/aromatic N) is 3. The number of benzene rings is 2. The quantitative estimate of drug-likeness (QED) is 0.254. The van der Waals surface area contributed by atoms with E-state index < -0.39 is 23.5 Å². The summed E-state index contributed by atoms with van der Waals surface area (Å²) in [7, 11) is 0. The zero-order valence-corrected chi connectivity index (χ0v) is 19.9. The van der Waals surface area contributed by atoms with Crippen molar-refractivity contribution in [3.05, 3.63) is 71.7 Å². The van der Waals surface area contributed by atoms with Crippen molar-refractivity contribution in [3.8, 4) is 11.1 Å². The van der Waals surface area contributed by atoms with Crippen molar-refractivity contribution in [2.75, 3.05) is 43.1 Å². The Labute approximate surface area is 210 Å². The fourth-order valence-corrected chi connectivity index (χ4v) is 3.77. The predicted octanol–water partition coefficient (Wildman–Crippen LogP) is 5.46. The van der Waals surface area contributed by atoms with Crippen molar-refractivity contribution in [1.82, 2.24) is 9.97 Å². The van der Waals surface area contributed by atoms with E-state index in [0.717, 1.165) is 17.2 Å². The largest absolute Gasteiger partial charge is 0.463 e. The van der Waals surface area contributed by atoms with E-state index in [9.17, 15) is 22.4 Å². The molecule has 194 valence electrons. The number of alkyl halides is 3. The maximum atomic E-state index is 13.7. The standard InChI is InChI=1S/C26H24F4N4O3/c1-2-37-23(35)9-6-17-4-3-5-18(14-17)20-16-31-25(33-24(20)34-10-12-36-13-11-34)32-19-7-8-22(27)21(15-19)26(28,29)30/h3-9,14-16H,2,10-13H2,1H3,(H,31,32,33). The molecule has 7 nitrogen and oxygen atoms in total. The van der Waals surface area contributed by atoms with E-state index in [2.05, 4.69) is 15.3 Å². The number of nitrogens with one attached hydrogen (secondary N) is 1. The van der Waals surface area contributed by atoms with Gasteiger partial charge in [-0.25, -0.2) is 14.2 Å². The molecule has 11 heteroatoms. The Balaban J connectivity index is 1.68. The highest BCUT2D eigenvalue weighted by molar-refractivity contribution is 5.87. The topological polar surface area (TPSA) is 76.6 Å². The third-order valence-electron chi connectivity index (χ3n) is 5.50. The van der Waals surface area contributed by atoms with Gasteiger partial charge in [-0.1, -0.05) is 18.2 Å². The van der Waals surface area contributed by atoms with E-state index in [1.54, 1.807) is 19.2 Å². The number of hydrogen-bond acceptors (Lipinski definition) is 7. The van der Waals surface area contributed by atoms with Gasteiger partial charge < -0.3 is 19.7 Å². The lowest BCUT2D eigenvalue weighted by Crippen LogP contribution is -2.37. The van der Waals surface area contributed by atoms with Gasteiger partial charge >= 0.3 is 12.1 Å². The zero-order chi connectivity index (χ0) is 26.4. The molecule has 2 heterocycles. The van der Waals surface area contributed by atoms with Crippen molar-refractivity contribution < 1.29 is 31.8 Å². The Morgan fingerprint density at radius 2 is 1.97 bits per heavy atom. The Bertz CT molecular complexity index is 1290. The molecule has 0 saturated carbocycles. The number of esters is 1.